The Hall–Kier alpha value is -2.16. The molecule has 0 bridgehead atoms. The smallest absolute Gasteiger partial charge is 0.234 e. The lowest BCUT2D eigenvalue weighted by Crippen LogP contribution is -2.15. The van der Waals surface area contributed by atoms with Crippen LogP contribution in [0.15, 0.2) is 58.2 Å². The highest BCUT2D eigenvalue weighted by Gasteiger charge is 2.16. The Labute approximate surface area is 176 Å². The number of aryl methyl sites for hydroxylation is 1. The van der Waals surface area contributed by atoms with Crippen LogP contribution in [-0.2, 0) is 16.1 Å². The molecule has 0 radical (unpaired) electrons. The van der Waals surface area contributed by atoms with E-state index in [4.69, 9.17) is 4.74 Å². The molecule has 6 nitrogen and oxygen atoms in total. The molecule has 2 aromatic carbocycles. The van der Waals surface area contributed by atoms with Gasteiger partial charge < -0.3 is 10.1 Å². The molecular weight excluding hydrogens is 440 g/mol. The fraction of sp³-hybridized carbons (Fsp3) is 0.250. The summed E-state index contributed by atoms with van der Waals surface area (Å²) >= 11 is 4.79. The van der Waals surface area contributed by atoms with Crippen LogP contribution in [0.4, 0.5) is 5.69 Å². The van der Waals surface area contributed by atoms with Gasteiger partial charge in [0.1, 0.15) is 0 Å². The molecular formula is C20H21BrN4O2S. The molecule has 3 rings (SSSR count). The minimum absolute atomic E-state index is 0.102. The number of benzene rings is 2. The minimum Gasteiger partial charge on any atom is -0.383 e. The zero-order valence-corrected chi connectivity index (χ0v) is 18.1. The molecule has 0 aliphatic carbocycles. The van der Waals surface area contributed by atoms with Crippen LogP contribution in [0.1, 0.15) is 5.56 Å². The van der Waals surface area contributed by atoms with Gasteiger partial charge in [0, 0.05) is 17.1 Å². The number of thioether (sulfide) groups is 1. The van der Waals surface area contributed by atoms with E-state index in [1.165, 1.54) is 11.8 Å². The highest BCUT2D eigenvalue weighted by molar-refractivity contribution is 9.10. The SMILES string of the molecule is COCCn1c(SCC(=O)Nc2ccccc2Br)nnc1-c1cccc(C)c1. The first-order chi connectivity index (χ1) is 13.6. The first-order valence-corrected chi connectivity index (χ1v) is 10.5. The number of carbonyl (C=O) groups is 1. The second-order valence-corrected chi connectivity index (χ2v) is 7.93. The van der Waals surface area contributed by atoms with Crippen molar-refractivity contribution in [1.82, 2.24) is 14.8 Å². The van der Waals surface area contributed by atoms with Gasteiger partial charge in [-0.3, -0.25) is 9.36 Å². The normalized spacial score (nSPS) is 10.8. The van der Waals surface area contributed by atoms with E-state index in [2.05, 4.69) is 37.5 Å². The second kappa shape index (κ2) is 9.86. The van der Waals surface area contributed by atoms with E-state index < -0.39 is 0 Å². The topological polar surface area (TPSA) is 69.0 Å². The molecule has 0 atom stereocenters. The van der Waals surface area contributed by atoms with E-state index in [0.717, 1.165) is 27.1 Å². The molecule has 1 N–H and O–H groups in total. The molecule has 0 aliphatic heterocycles. The summed E-state index contributed by atoms with van der Waals surface area (Å²) in [6.45, 7) is 3.19. The lowest BCUT2D eigenvalue weighted by molar-refractivity contribution is -0.113. The standard InChI is InChI=1S/C20H21BrN4O2S/c1-14-6-5-7-15(12-14)19-23-24-20(25(19)10-11-27-2)28-13-18(26)22-17-9-4-3-8-16(17)21/h3-9,12H,10-11,13H2,1-2H3,(H,22,26). The number of para-hydroxylation sites is 1. The van der Waals surface area contributed by atoms with Gasteiger partial charge in [-0.25, -0.2) is 0 Å². The van der Waals surface area contributed by atoms with Gasteiger partial charge in [-0.2, -0.15) is 0 Å². The van der Waals surface area contributed by atoms with Crippen LogP contribution in [0.2, 0.25) is 0 Å². The molecule has 1 aromatic heterocycles. The third kappa shape index (κ3) is 5.21. The van der Waals surface area contributed by atoms with Crippen LogP contribution in [0.25, 0.3) is 11.4 Å². The monoisotopic (exact) mass is 460 g/mol. The van der Waals surface area contributed by atoms with Crippen LogP contribution in [0, 0.1) is 6.92 Å². The number of nitrogens with one attached hydrogen (secondary N) is 1. The molecule has 3 aromatic rings. The van der Waals surface area contributed by atoms with Crippen LogP contribution in [0.3, 0.4) is 0 Å². The summed E-state index contributed by atoms with van der Waals surface area (Å²) in [5.41, 5.74) is 2.89. The number of methoxy groups -OCH3 is 1. The highest BCUT2D eigenvalue weighted by Crippen LogP contribution is 2.26. The molecule has 0 saturated heterocycles. The van der Waals surface area contributed by atoms with Crippen molar-refractivity contribution in [1.29, 1.82) is 0 Å². The lowest BCUT2D eigenvalue weighted by Gasteiger charge is -2.10. The number of amides is 1. The summed E-state index contributed by atoms with van der Waals surface area (Å²) < 4.78 is 8.07. The predicted octanol–water partition coefficient (Wildman–Crippen LogP) is 4.39. The van der Waals surface area contributed by atoms with E-state index in [-0.39, 0.29) is 11.7 Å². The molecule has 0 spiro atoms. The van der Waals surface area contributed by atoms with Gasteiger partial charge in [-0.05, 0) is 41.1 Å². The zero-order valence-electron chi connectivity index (χ0n) is 15.7. The minimum atomic E-state index is -0.102. The number of hydrogen-bond donors (Lipinski definition) is 1. The van der Waals surface area contributed by atoms with Crippen LogP contribution in [0.5, 0.6) is 0 Å². The van der Waals surface area contributed by atoms with E-state index in [0.29, 0.717) is 18.3 Å². The molecule has 0 aliphatic rings. The predicted molar refractivity (Wildman–Crippen MR) is 116 cm³/mol. The van der Waals surface area contributed by atoms with Gasteiger partial charge in [-0.1, -0.05) is 47.7 Å². The lowest BCUT2D eigenvalue weighted by atomic mass is 10.1. The fourth-order valence-electron chi connectivity index (χ4n) is 2.66. The maximum Gasteiger partial charge on any atom is 0.234 e. The van der Waals surface area contributed by atoms with E-state index in [1.807, 2.05) is 54.0 Å². The Morgan fingerprint density at radius 3 is 2.79 bits per heavy atom. The second-order valence-electron chi connectivity index (χ2n) is 6.14. The Kier molecular flexibility index (Phi) is 7.24. The number of halogens is 1. The number of ether oxygens (including phenoxy) is 1. The average molecular weight is 461 g/mol. The number of aromatic nitrogens is 3. The Balaban J connectivity index is 1.74. The Morgan fingerprint density at radius 1 is 1.21 bits per heavy atom. The van der Waals surface area contributed by atoms with Gasteiger partial charge in [0.25, 0.3) is 0 Å². The summed E-state index contributed by atoms with van der Waals surface area (Å²) in [5, 5.41) is 12.2. The number of nitrogens with zero attached hydrogens (tertiary/aromatic N) is 3. The number of carbonyl (C=O) groups excluding carboxylic acids is 1. The summed E-state index contributed by atoms with van der Waals surface area (Å²) in [7, 11) is 1.66. The zero-order chi connectivity index (χ0) is 19.9. The van der Waals surface area contributed by atoms with Crippen LogP contribution >= 0.6 is 27.7 Å². The Bertz CT molecular complexity index is 961. The quantitative estimate of drug-likeness (QED) is 0.504. The van der Waals surface area contributed by atoms with Gasteiger partial charge in [0.05, 0.1) is 24.6 Å². The molecule has 0 saturated carbocycles. The number of rotatable bonds is 8. The molecule has 8 heteroatoms. The fourth-order valence-corrected chi connectivity index (χ4v) is 3.80. The van der Waals surface area contributed by atoms with Gasteiger partial charge in [-0.15, -0.1) is 10.2 Å². The molecule has 1 heterocycles. The summed E-state index contributed by atoms with van der Waals surface area (Å²) in [5.74, 6) is 0.907. The van der Waals surface area contributed by atoms with E-state index in [9.17, 15) is 4.79 Å². The van der Waals surface area contributed by atoms with Crippen molar-refractivity contribution < 1.29 is 9.53 Å². The van der Waals surface area contributed by atoms with E-state index in [1.54, 1.807) is 7.11 Å². The first kappa shape index (κ1) is 20.6. The van der Waals surface area contributed by atoms with Crippen molar-refractivity contribution in [3.8, 4) is 11.4 Å². The summed E-state index contributed by atoms with van der Waals surface area (Å²) in [6.07, 6.45) is 0. The van der Waals surface area contributed by atoms with Gasteiger partial charge in [0.15, 0.2) is 11.0 Å². The van der Waals surface area contributed by atoms with Crippen LogP contribution < -0.4 is 5.32 Å². The van der Waals surface area contributed by atoms with Crippen molar-refractivity contribution in [2.75, 3.05) is 24.8 Å². The van der Waals surface area contributed by atoms with E-state index >= 15 is 0 Å². The third-order valence-electron chi connectivity index (χ3n) is 3.99. The average Bonchev–Trinajstić information content (AvgIpc) is 3.09. The molecule has 0 fully saturated rings. The maximum absolute atomic E-state index is 12.3. The highest BCUT2D eigenvalue weighted by atomic mass is 79.9. The molecule has 146 valence electrons. The van der Waals surface area contributed by atoms with Crippen molar-refractivity contribution in [3.63, 3.8) is 0 Å². The van der Waals surface area contributed by atoms with Gasteiger partial charge >= 0.3 is 0 Å². The van der Waals surface area contributed by atoms with Crippen molar-refractivity contribution in [2.45, 2.75) is 18.6 Å². The van der Waals surface area contributed by atoms with Gasteiger partial charge in [0.2, 0.25) is 5.91 Å². The molecule has 28 heavy (non-hydrogen) atoms. The summed E-state index contributed by atoms with van der Waals surface area (Å²) in [4.78, 5) is 12.3. The molecule has 1 amide bonds. The Morgan fingerprint density at radius 2 is 2.04 bits per heavy atom. The van der Waals surface area contributed by atoms with Crippen molar-refractivity contribution >= 4 is 39.3 Å². The first-order valence-electron chi connectivity index (χ1n) is 8.75. The maximum atomic E-state index is 12.3. The van der Waals surface area contributed by atoms with Crippen molar-refractivity contribution in [2.24, 2.45) is 0 Å². The largest absolute Gasteiger partial charge is 0.383 e. The third-order valence-corrected chi connectivity index (χ3v) is 5.65. The summed E-state index contributed by atoms with van der Waals surface area (Å²) in [6, 6.07) is 15.6. The number of hydrogen-bond acceptors (Lipinski definition) is 5. The van der Waals surface area contributed by atoms with Crippen molar-refractivity contribution in [3.05, 3.63) is 58.6 Å². The molecule has 0 unspecified atom stereocenters. The van der Waals surface area contributed by atoms with Crippen LogP contribution in [-0.4, -0.2) is 40.1 Å². The number of anilines is 1.